The van der Waals surface area contributed by atoms with Crippen LogP contribution in [0.5, 0.6) is 5.75 Å². The second-order valence-electron chi connectivity index (χ2n) is 13.1. The van der Waals surface area contributed by atoms with Crippen LogP contribution in [0.2, 0.25) is 0 Å². The first-order chi connectivity index (χ1) is 21.5. The molecule has 0 radical (unpaired) electrons. The molecule has 0 heterocycles. The quantitative estimate of drug-likeness (QED) is 0.148. The van der Waals surface area contributed by atoms with E-state index in [0.717, 1.165) is 66.5 Å². The van der Waals surface area contributed by atoms with Gasteiger partial charge in [0.15, 0.2) is 11.6 Å². The van der Waals surface area contributed by atoms with Crippen molar-refractivity contribution in [1.82, 2.24) is 0 Å². The first-order valence-corrected chi connectivity index (χ1v) is 17.1. The molecule has 4 heteroatoms. The largest absolute Gasteiger partial charge is 0.490 e. The molecule has 236 valence electrons. The van der Waals surface area contributed by atoms with Crippen LogP contribution in [-0.4, -0.2) is 6.61 Å². The van der Waals surface area contributed by atoms with Gasteiger partial charge in [-0.3, -0.25) is 0 Å². The van der Waals surface area contributed by atoms with Gasteiger partial charge in [-0.25, -0.2) is 8.78 Å². The molecule has 0 unspecified atom stereocenters. The average Bonchev–Trinajstić information content (AvgIpc) is 3.06. The van der Waals surface area contributed by atoms with Gasteiger partial charge < -0.3 is 4.74 Å². The number of unbranched alkanes of at least 4 members (excludes halogenated alkanes) is 2. The zero-order valence-electron chi connectivity index (χ0n) is 26.6. The van der Waals surface area contributed by atoms with E-state index in [1.165, 1.54) is 57.4 Å². The molecule has 2 fully saturated rings. The summed E-state index contributed by atoms with van der Waals surface area (Å²) in [5.74, 6) is 0.782. The van der Waals surface area contributed by atoms with Crippen LogP contribution in [0.15, 0.2) is 66.7 Å². The van der Waals surface area contributed by atoms with Crippen LogP contribution in [0.25, 0.3) is 22.3 Å². The highest BCUT2D eigenvalue weighted by atomic mass is 19.2. The third-order valence-corrected chi connectivity index (χ3v) is 10.3. The molecule has 2 saturated carbocycles. The van der Waals surface area contributed by atoms with Crippen molar-refractivity contribution < 1.29 is 17.9 Å². The van der Waals surface area contributed by atoms with Crippen LogP contribution in [0.1, 0.15) is 109 Å². The predicted molar refractivity (Wildman–Crippen MR) is 176 cm³/mol. The second-order valence-corrected chi connectivity index (χ2v) is 13.1. The number of ether oxygens (including phenoxy) is 1. The maximum atomic E-state index is 15.4. The highest BCUT2D eigenvalue weighted by Gasteiger charge is 2.32. The molecular weight excluding hydrogens is 553 g/mol. The van der Waals surface area contributed by atoms with E-state index < -0.39 is 11.6 Å². The van der Waals surface area contributed by atoms with Gasteiger partial charge in [0.2, 0.25) is 5.82 Å². The van der Waals surface area contributed by atoms with Gasteiger partial charge in [-0.15, -0.1) is 0 Å². The number of halogens is 3. The SMILES string of the molecule is C/C=C/CCC1CCC(C2CCC(c3ccc(-c4ccc(-c5ccc(OCCCCC)c(F)c5F)cc4)cc3F)CC2)CC1. The molecule has 5 rings (SSSR count). The van der Waals surface area contributed by atoms with Crippen LogP contribution in [0.4, 0.5) is 13.2 Å². The summed E-state index contributed by atoms with van der Waals surface area (Å²) >= 11 is 0. The summed E-state index contributed by atoms with van der Waals surface area (Å²) in [7, 11) is 0. The Morgan fingerprint density at radius 2 is 1.39 bits per heavy atom. The van der Waals surface area contributed by atoms with Crippen molar-refractivity contribution in [3.63, 3.8) is 0 Å². The monoisotopic (exact) mass is 602 g/mol. The van der Waals surface area contributed by atoms with Gasteiger partial charge >= 0.3 is 0 Å². The maximum Gasteiger partial charge on any atom is 0.201 e. The molecule has 0 atom stereocenters. The molecule has 3 aromatic rings. The molecule has 0 spiro atoms. The summed E-state index contributed by atoms with van der Waals surface area (Å²) in [5, 5.41) is 0. The van der Waals surface area contributed by atoms with Crippen LogP contribution in [0, 0.1) is 35.2 Å². The number of allylic oxidation sites excluding steroid dienone is 2. The third kappa shape index (κ3) is 7.98. The third-order valence-electron chi connectivity index (χ3n) is 10.3. The Kier molecular flexibility index (Phi) is 11.6. The molecule has 0 bridgehead atoms. The summed E-state index contributed by atoms with van der Waals surface area (Å²) < 4.78 is 50.5. The normalized spacial score (nSPS) is 22.4. The lowest BCUT2D eigenvalue weighted by Crippen LogP contribution is -2.25. The molecule has 0 aromatic heterocycles. The Morgan fingerprint density at radius 1 is 0.727 bits per heavy atom. The Balaban J connectivity index is 1.16. The number of hydrogen-bond donors (Lipinski definition) is 0. The number of benzene rings is 3. The van der Waals surface area contributed by atoms with E-state index in [9.17, 15) is 8.78 Å². The molecule has 3 aromatic carbocycles. The fraction of sp³-hybridized carbons (Fsp3) is 0.500. The van der Waals surface area contributed by atoms with Gasteiger partial charge in [0, 0.05) is 5.56 Å². The summed E-state index contributed by atoms with van der Waals surface area (Å²) in [6.45, 7) is 4.55. The topological polar surface area (TPSA) is 9.23 Å². The van der Waals surface area contributed by atoms with Crippen LogP contribution < -0.4 is 4.74 Å². The lowest BCUT2D eigenvalue weighted by atomic mass is 9.68. The molecule has 0 saturated heterocycles. The van der Waals surface area contributed by atoms with Crippen LogP contribution in [0.3, 0.4) is 0 Å². The van der Waals surface area contributed by atoms with Crippen LogP contribution >= 0.6 is 0 Å². The van der Waals surface area contributed by atoms with E-state index >= 15 is 4.39 Å². The van der Waals surface area contributed by atoms with Crippen molar-refractivity contribution in [2.24, 2.45) is 17.8 Å². The predicted octanol–water partition coefficient (Wildman–Crippen LogP) is 12.4. The minimum Gasteiger partial charge on any atom is -0.490 e. The van der Waals surface area contributed by atoms with Gasteiger partial charge in [-0.1, -0.05) is 81.2 Å². The summed E-state index contributed by atoms with van der Waals surface area (Å²) in [6, 6.07) is 15.9. The average molecular weight is 603 g/mol. The lowest BCUT2D eigenvalue weighted by Gasteiger charge is -2.38. The van der Waals surface area contributed by atoms with E-state index in [1.54, 1.807) is 24.3 Å². The first kappa shape index (κ1) is 32.4. The Hall–Kier alpha value is -3.01. The molecule has 2 aliphatic carbocycles. The summed E-state index contributed by atoms with van der Waals surface area (Å²) in [4.78, 5) is 0. The van der Waals surface area contributed by atoms with Crippen molar-refractivity contribution in [1.29, 1.82) is 0 Å². The minimum atomic E-state index is -0.960. The molecular formula is C40H49F3O. The van der Waals surface area contributed by atoms with Gasteiger partial charge in [0.1, 0.15) is 5.82 Å². The zero-order valence-corrected chi connectivity index (χ0v) is 26.6. The summed E-state index contributed by atoms with van der Waals surface area (Å²) in [6.07, 6.45) is 19.9. The fourth-order valence-corrected chi connectivity index (χ4v) is 7.63. The van der Waals surface area contributed by atoms with Crippen molar-refractivity contribution in [2.75, 3.05) is 6.61 Å². The second kappa shape index (κ2) is 15.8. The number of hydrogen-bond acceptors (Lipinski definition) is 1. The Bertz CT molecular complexity index is 1360. The van der Waals surface area contributed by atoms with Gasteiger partial charge in [-0.2, -0.15) is 4.39 Å². The van der Waals surface area contributed by atoms with E-state index in [4.69, 9.17) is 4.74 Å². The van der Waals surface area contributed by atoms with Gasteiger partial charge in [-0.05, 0) is 129 Å². The van der Waals surface area contributed by atoms with Gasteiger partial charge in [0.25, 0.3) is 0 Å². The van der Waals surface area contributed by atoms with Crippen molar-refractivity contribution >= 4 is 0 Å². The molecule has 2 aliphatic rings. The molecule has 0 amide bonds. The zero-order chi connectivity index (χ0) is 30.9. The Labute approximate surface area is 262 Å². The van der Waals surface area contributed by atoms with E-state index in [2.05, 4.69) is 26.0 Å². The van der Waals surface area contributed by atoms with Gasteiger partial charge in [0.05, 0.1) is 6.61 Å². The van der Waals surface area contributed by atoms with Crippen molar-refractivity contribution in [2.45, 2.75) is 103 Å². The smallest absolute Gasteiger partial charge is 0.201 e. The van der Waals surface area contributed by atoms with E-state index in [0.29, 0.717) is 12.2 Å². The Morgan fingerprint density at radius 3 is 2.05 bits per heavy atom. The van der Waals surface area contributed by atoms with E-state index in [1.807, 2.05) is 24.3 Å². The molecule has 44 heavy (non-hydrogen) atoms. The van der Waals surface area contributed by atoms with Crippen molar-refractivity contribution in [3.05, 3.63) is 89.8 Å². The first-order valence-electron chi connectivity index (χ1n) is 17.1. The minimum absolute atomic E-state index is 0.0543. The van der Waals surface area contributed by atoms with Crippen molar-refractivity contribution in [3.8, 4) is 28.0 Å². The van der Waals surface area contributed by atoms with E-state index in [-0.39, 0.29) is 23.0 Å². The molecule has 0 N–H and O–H groups in total. The van der Waals surface area contributed by atoms with Crippen LogP contribution in [-0.2, 0) is 0 Å². The highest BCUT2D eigenvalue weighted by Crippen LogP contribution is 2.45. The molecule has 1 nitrogen and oxygen atoms in total. The number of rotatable bonds is 12. The highest BCUT2D eigenvalue weighted by molar-refractivity contribution is 5.71. The molecule has 0 aliphatic heterocycles. The lowest BCUT2D eigenvalue weighted by molar-refractivity contribution is 0.156. The maximum absolute atomic E-state index is 15.4. The fourth-order valence-electron chi connectivity index (χ4n) is 7.63. The standard InChI is InChI=1S/C40H49F3O/c1-3-5-7-9-28-10-12-29(13-11-28)30-14-18-32(19-15-30)35-23-22-34(27-37(35)41)31-16-20-33(21-17-31)36-24-25-38(40(43)39(36)42)44-26-8-6-4-2/h3,5,16-17,20-25,27-30,32H,4,6-15,18-19,26H2,1-2H3/b5-3+. The summed E-state index contributed by atoms with van der Waals surface area (Å²) in [5.41, 5.74) is 3.23.